The van der Waals surface area contributed by atoms with Crippen LogP contribution < -0.4 is 15.4 Å². The fourth-order valence-electron chi connectivity index (χ4n) is 2.09. The van der Waals surface area contributed by atoms with Gasteiger partial charge in [0.05, 0.1) is 12.6 Å². The third-order valence-electron chi connectivity index (χ3n) is 3.43. The highest BCUT2D eigenvalue weighted by Gasteiger charge is 2.09. The van der Waals surface area contributed by atoms with Gasteiger partial charge < -0.3 is 20.5 Å². The van der Waals surface area contributed by atoms with Crippen LogP contribution in [0.25, 0.3) is 0 Å². The Morgan fingerprint density at radius 3 is 2.75 bits per heavy atom. The van der Waals surface area contributed by atoms with Crippen LogP contribution in [-0.2, 0) is 6.61 Å². The Morgan fingerprint density at radius 2 is 2.04 bits per heavy atom. The van der Waals surface area contributed by atoms with Crippen LogP contribution in [0.5, 0.6) is 5.75 Å². The number of anilines is 1. The lowest BCUT2D eigenvalue weighted by molar-refractivity contribution is 0.222. The summed E-state index contributed by atoms with van der Waals surface area (Å²) >= 11 is 0. The molecular formula is C18H21FN2O3. The lowest BCUT2D eigenvalue weighted by atomic mass is 10.2. The first-order valence-corrected chi connectivity index (χ1v) is 7.76. The van der Waals surface area contributed by atoms with Crippen LogP contribution in [0.15, 0.2) is 48.5 Å². The van der Waals surface area contributed by atoms with E-state index >= 15 is 0 Å². The number of aliphatic hydroxyl groups excluding tert-OH is 1. The first-order chi connectivity index (χ1) is 11.6. The van der Waals surface area contributed by atoms with Crippen LogP contribution in [0, 0.1) is 5.82 Å². The number of rotatable bonds is 7. The molecule has 2 rings (SSSR count). The molecule has 0 aliphatic rings. The number of halogens is 1. The number of hydrogen-bond acceptors (Lipinski definition) is 3. The molecule has 0 aliphatic heterocycles. The summed E-state index contributed by atoms with van der Waals surface area (Å²) in [5.74, 6) is 0.0915. The average molecular weight is 332 g/mol. The van der Waals surface area contributed by atoms with Gasteiger partial charge in [-0.1, -0.05) is 25.1 Å². The third kappa shape index (κ3) is 5.55. The van der Waals surface area contributed by atoms with Crippen molar-refractivity contribution < 1.29 is 19.0 Å². The van der Waals surface area contributed by atoms with E-state index in [1.54, 1.807) is 30.3 Å². The number of benzene rings is 2. The van der Waals surface area contributed by atoms with Crippen molar-refractivity contribution in [3.63, 3.8) is 0 Å². The monoisotopic (exact) mass is 332 g/mol. The number of ether oxygens (including phenoxy) is 1. The maximum Gasteiger partial charge on any atom is 0.319 e. The molecule has 24 heavy (non-hydrogen) atoms. The quantitative estimate of drug-likeness (QED) is 0.728. The number of urea groups is 1. The van der Waals surface area contributed by atoms with E-state index in [2.05, 4.69) is 10.6 Å². The number of nitrogens with one attached hydrogen (secondary N) is 2. The molecule has 128 valence electrons. The molecule has 2 amide bonds. The summed E-state index contributed by atoms with van der Waals surface area (Å²) in [5, 5.41) is 14.5. The predicted octanol–water partition coefficient (Wildman–Crippen LogP) is 3.30. The second-order valence-corrected chi connectivity index (χ2v) is 5.33. The van der Waals surface area contributed by atoms with E-state index in [1.165, 1.54) is 12.1 Å². The third-order valence-corrected chi connectivity index (χ3v) is 3.43. The lowest BCUT2D eigenvalue weighted by Crippen LogP contribution is -2.39. The number of amides is 2. The zero-order valence-corrected chi connectivity index (χ0v) is 13.5. The first kappa shape index (κ1) is 17.7. The topological polar surface area (TPSA) is 70.6 Å². The van der Waals surface area contributed by atoms with Gasteiger partial charge in [-0.05, 0) is 36.2 Å². The van der Waals surface area contributed by atoms with Gasteiger partial charge in [-0.3, -0.25) is 0 Å². The first-order valence-electron chi connectivity index (χ1n) is 7.76. The van der Waals surface area contributed by atoms with Crippen LogP contribution in [0.3, 0.4) is 0 Å². The number of hydrogen-bond donors (Lipinski definition) is 3. The second-order valence-electron chi connectivity index (χ2n) is 5.33. The summed E-state index contributed by atoms with van der Waals surface area (Å²) in [7, 11) is 0. The number of aliphatic hydroxyl groups is 1. The predicted molar refractivity (Wildman–Crippen MR) is 90.5 cm³/mol. The molecule has 0 saturated carbocycles. The van der Waals surface area contributed by atoms with Crippen LogP contribution in [-0.4, -0.2) is 23.8 Å². The van der Waals surface area contributed by atoms with Gasteiger partial charge in [0.1, 0.15) is 18.2 Å². The van der Waals surface area contributed by atoms with Crippen molar-refractivity contribution in [2.75, 3.05) is 11.9 Å². The average Bonchev–Trinajstić information content (AvgIpc) is 2.58. The zero-order valence-electron chi connectivity index (χ0n) is 13.5. The van der Waals surface area contributed by atoms with E-state index in [-0.39, 0.29) is 31.1 Å². The van der Waals surface area contributed by atoms with E-state index in [9.17, 15) is 9.18 Å². The Hall–Kier alpha value is -2.60. The van der Waals surface area contributed by atoms with Crippen molar-refractivity contribution in [2.45, 2.75) is 26.0 Å². The van der Waals surface area contributed by atoms with Crippen molar-refractivity contribution in [3.05, 3.63) is 59.9 Å². The van der Waals surface area contributed by atoms with Gasteiger partial charge in [0.15, 0.2) is 0 Å². The molecule has 0 fully saturated rings. The van der Waals surface area contributed by atoms with E-state index in [0.717, 1.165) is 5.56 Å². The molecule has 0 saturated heterocycles. The highest BCUT2D eigenvalue weighted by atomic mass is 19.1. The standard InChI is InChI=1S/C18H21FN2O3/c1-2-15(11-22)20-18(23)21-16-7-3-5-13(9-16)12-24-17-8-4-6-14(19)10-17/h3-10,15,22H,2,11-12H2,1H3,(H2,20,21,23). The molecule has 0 heterocycles. The van der Waals surface area contributed by atoms with Gasteiger partial charge in [0.2, 0.25) is 0 Å². The molecule has 2 aromatic carbocycles. The molecule has 0 aliphatic carbocycles. The minimum atomic E-state index is -0.376. The highest BCUT2D eigenvalue weighted by molar-refractivity contribution is 5.89. The van der Waals surface area contributed by atoms with Gasteiger partial charge in [0.25, 0.3) is 0 Å². The van der Waals surface area contributed by atoms with Gasteiger partial charge in [-0.2, -0.15) is 0 Å². The smallest absolute Gasteiger partial charge is 0.319 e. The summed E-state index contributed by atoms with van der Waals surface area (Å²) in [6, 6.07) is 12.5. The molecule has 3 N–H and O–H groups in total. The minimum Gasteiger partial charge on any atom is -0.489 e. The van der Waals surface area contributed by atoms with Crippen molar-refractivity contribution in [1.29, 1.82) is 0 Å². The van der Waals surface area contributed by atoms with E-state index in [4.69, 9.17) is 9.84 Å². The minimum absolute atomic E-state index is 0.106. The van der Waals surface area contributed by atoms with Gasteiger partial charge in [-0.15, -0.1) is 0 Å². The molecule has 2 aromatic rings. The van der Waals surface area contributed by atoms with E-state index < -0.39 is 0 Å². The Morgan fingerprint density at radius 1 is 1.25 bits per heavy atom. The summed E-state index contributed by atoms with van der Waals surface area (Å²) in [6.45, 7) is 2.03. The SMILES string of the molecule is CCC(CO)NC(=O)Nc1cccc(COc2cccc(F)c2)c1. The molecule has 6 heteroatoms. The van der Waals surface area contributed by atoms with Gasteiger partial charge >= 0.3 is 6.03 Å². The molecule has 0 aromatic heterocycles. The molecule has 0 radical (unpaired) electrons. The molecular weight excluding hydrogens is 311 g/mol. The zero-order chi connectivity index (χ0) is 17.4. The fraction of sp³-hybridized carbons (Fsp3) is 0.278. The van der Waals surface area contributed by atoms with Crippen LogP contribution in [0.4, 0.5) is 14.9 Å². The largest absolute Gasteiger partial charge is 0.489 e. The van der Waals surface area contributed by atoms with Crippen LogP contribution in [0.2, 0.25) is 0 Å². The Labute approximate surface area is 140 Å². The van der Waals surface area contributed by atoms with Crippen LogP contribution in [0.1, 0.15) is 18.9 Å². The molecule has 1 atom stereocenters. The van der Waals surface area contributed by atoms with Crippen molar-refractivity contribution in [2.24, 2.45) is 0 Å². The number of carbonyl (C=O) groups excluding carboxylic acids is 1. The summed E-state index contributed by atoms with van der Waals surface area (Å²) in [6.07, 6.45) is 0.644. The molecule has 0 bridgehead atoms. The van der Waals surface area contributed by atoms with Crippen molar-refractivity contribution in [1.82, 2.24) is 5.32 Å². The maximum absolute atomic E-state index is 13.1. The number of carbonyl (C=O) groups is 1. The van der Waals surface area contributed by atoms with Gasteiger partial charge in [0, 0.05) is 11.8 Å². The normalized spacial score (nSPS) is 11.6. The fourth-order valence-corrected chi connectivity index (χ4v) is 2.09. The Kier molecular flexibility index (Phi) is 6.57. The molecule has 5 nitrogen and oxygen atoms in total. The summed E-state index contributed by atoms with van der Waals surface area (Å²) < 4.78 is 18.6. The van der Waals surface area contributed by atoms with Crippen molar-refractivity contribution >= 4 is 11.7 Å². The van der Waals surface area contributed by atoms with E-state index in [1.807, 2.05) is 13.0 Å². The summed E-state index contributed by atoms with van der Waals surface area (Å²) in [4.78, 5) is 11.9. The Bertz CT molecular complexity index is 675. The summed E-state index contributed by atoms with van der Waals surface area (Å²) in [5.41, 5.74) is 1.45. The van der Waals surface area contributed by atoms with E-state index in [0.29, 0.717) is 17.9 Å². The highest BCUT2D eigenvalue weighted by Crippen LogP contribution is 2.16. The maximum atomic E-state index is 13.1. The van der Waals surface area contributed by atoms with Crippen molar-refractivity contribution in [3.8, 4) is 5.75 Å². The van der Waals surface area contributed by atoms with Crippen LogP contribution >= 0.6 is 0 Å². The molecule has 1 unspecified atom stereocenters. The lowest BCUT2D eigenvalue weighted by Gasteiger charge is -2.15. The van der Waals surface area contributed by atoms with Gasteiger partial charge in [-0.25, -0.2) is 9.18 Å². The second kappa shape index (κ2) is 8.88. The molecule has 0 spiro atoms. The Balaban J connectivity index is 1.92.